The number of nitrogens with one attached hydrogen (secondary N) is 1. The fraction of sp³-hybridized carbons (Fsp3) is 0.381. The second kappa shape index (κ2) is 9.88. The molecule has 1 saturated heterocycles. The Morgan fingerprint density at radius 1 is 1.13 bits per heavy atom. The number of likely N-dealkylation sites (tertiary alicyclic amines) is 1. The van der Waals surface area contributed by atoms with Crippen LogP contribution in [-0.4, -0.2) is 46.4 Å². The number of nitro groups is 2. The number of non-ortho nitro benzene ring substituents is 2. The molecule has 1 unspecified atom stereocenters. The van der Waals surface area contributed by atoms with E-state index >= 15 is 0 Å². The lowest BCUT2D eigenvalue weighted by atomic mass is 10.1. The first-order valence-corrected chi connectivity index (χ1v) is 10.1. The Bertz CT molecular complexity index is 931. The molecule has 0 aliphatic carbocycles. The van der Waals surface area contributed by atoms with Crippen molar-refractivity contribution < 1.29 is 19.4 Å². The molecule has 1 atom stereocenters. The molecule has 0 saturated carbocycles. The Labute approximate surface area is 179 Å². The molecule has 164 valence electrons. The van der Waals surface area contributed by atoms with Crippen LogP contribution in [0.15, 0.2) is 42.5 Å². The molecule has 2 aromatic carbocycles. The van der Waals surface area contributed by atoms with Crippen molar-refractivity contribution in [2.24, 2.45) is 0 Å². The van der Waals surface area contributed by atoms with Gasteiger partial charge in [-0.15, -0.1) is 0 Å². The van der Waals surface area contributed by atoms with Gasteiger partial charge in [0.15, 0.2) is 0 Å². The summed E-state index contributed by atoms with van der Waals surface area (Å²) in [6.07, 6.45) is 2.76. The van der Waals surface area contributed by atoms with Crippen molar-refractivity contribution in [3.63, 3.8) is 0 Å². The van der Waals surface area contributed by atoms with Crippen LogP contribution < -0.4 is 10.1 Å². The molecule has 10 nitrogen and oxygen atoms in total. The van der Waals surface area contributed by atoms with E-state index in [9.17, 15) is 25.0 Å². The van der Waals surface area contributed by atoms with Crippen LogP contribution in [0.1, 0.15) is 36.5 Å². The second-order valence-corrected chi connectivity index (χ2v) is 7.36. The van der Waals surface area contributed by atoms with E-state index in [0.29, 0.717) is 26.1 Å². The van der Waals surface area contributed by atoms with Gasteiger partial charge >= 0.3 is 0 Å². The third kappa shape index (κ3) is 5.68. The zero-order valence-corrected chi connectivity index (χ0v) is 17.2. The Hall–Kier alpha value is -3.69. The average Bonchev–Trinajstić information content (AvgIpc) is 3.22. The van der Waals surface area contributed by atoms with Crippen LogP contribution in [0.2, 0.25) is 0 Å². The normalized spacial score (nSPS) is 15.5. The maximum Gasteiger partial charge on any atom is 0.277 e. The lowest BCUT2D eigenvalue weighted by molar-refractivity contribution is -0.394. The van der Waals surface area contributed by atoms with E-state index in [-0.39, 0.29) is 11.6 Å². The number of rotatable bonds is 9. The van der Waals surface area contributed by atoms with Gasteiger partial charge in [0.2, 0.25) is 0 Å². The lowest BCUT2D eigenvalue weighted by Crippen LogP contribution is -2.31. The van der Waals surface area contributed by atoms with Crippen molar-refractivity contribution in [2.75, 3.05) is 25.0 Å². The number of hydrogen-bond donors (Lipinski definition) is 1. The number of anilines is 1. The average molecular weight is 428 g/mol. The number of benzene rings is 2. The molecule has 1 amide bonds. The fourth-order valence-electron chi connectivity index (χ4n) is 3.39. The summed E-state index contributed by atoms with van der Waals surface area (Å²) in [5.74, 6) is 0.338. The Balaban J connectivity index is 1.62. The molecular formula is C21H24N4O6. The van der Waals surface area contributed by atoms with E-state index in [1.54, 1.807) is 4.90 Å². The lowest BCUT2D eigenvalue weighted by Gasteiger charge is -2.18. The quantitative estimate of drug-likeness (QED) is 0.363. The molecule has 0 bridgehead atoms. The zero-order valence-electron chi connectivity index (χ0n) is 17.2. The molecule has 0 spiro atoms. The van der Waals surface area contributed by atoms with Crippen molar-refractivity contribution in [1.29, 1.82) is 0 Å². The van der Waals surface area contributed by atoms with Crippen molar-refractivity contribution in [3.8, 4) is 5.75 Å². The van der Waals surface area contributed by atoms with Gasteiger partial charge in [0.25, 0.3) is 17.3 Å². The maximum absolute atomic E-state index is 12.8. The molecular weight excluding hydrogens is 404 g/mol. The predicted molar refractivity (Wildman–Crippen MR) is 115 cm³/mol. The largest absolute Gasteiger partial charge is 0.494 e. The van der Waals surface area contributed by atoms with E-state index in [1.807, 2.05) is 24.3 Å². The van der Waals surface area contributed by atoms with Crippen molar-refractivity contribution in [3.05, 3.63) is 68.3 Å². The van der Waals surface area contributed by atoms with Gasteiger partial charge in [-0.3, -0.25) is 25.0 Å². The Morgan fingerprint density at radius 3 is 2.35 bits per heavy atom. The van der Waals surface area contributed by atoms with E-state index in [2.05, 4.69) is 12.2 Å². The first-order valence-electron chi connectivity index (χ1n) is 10.1. The highest BCUT2D eigenvalue weighted by Gasteiger charge is 2.29. The van der Waals surface area contributed by atoms with E-state index in [4.69, 9.17) is 4.74 Å². The van der Waals surface area contributed by atoms with Gasteiger partial charge in [0.05, 0.1) is 28.1 Å². The number of unbranched alkanes of at least 4 members (excludes halogenated alkanes) is 1. The first-order chi connectivity index (χ1) is 14.9. The van der Waals surface area contributed by atoms with E-state index in [0.717, 1.165) is 42.5 Å². The highest BCUT2D eigenvalue weighted by atomic mass is 16.6. The van der Waals surface area contributed by atoms with Gasteiger partial charge in [-0.1, -0.05) is 13.3 Å². The van der Waals surface area contributed by atoms with Crippen LogP contribution in [0.4, 0.5) is 17.1 Å². The number of nitro benzene ring substituents is 2. The number of nitrogens with zero attached hydrogens (tertiary/aromatic N) is 3. The van der Waals surface area contributed by atoms with Crippen molar-refractivity contribution in [1.82, 2.24) is 4.90 Å². The molecule has 0 aromatic heterocycles. The van der Waals surface area contributed by atoms with Crippen molar-refractivity contribution in [2.45, 2.75) is 32.2 Å². The molecule has 1 N–H and O–H groups in total. The molecule has 1 aliphatic rings. The molecule has 10 heteroatoms. The van der Waals surface area contributed by atoms with Crippen molar-refractivity contribution >= 4 is 23.0 Å². The minimum atomic E-state index is -0.742. The number of amides is 1. The van der Waals surface area contributed by atoms with Gasteiger partial charge < -0.3 is 15.0 Å². The second-order valence-electron chi connectivity index (χ2n) is 7.36. The van der Waals surface area contributed by atoms with Gasteiger partial charge in [-0.2, -0.15) is 0 Å². The SMILES string of the molecule is CCCCOc1ccc(NC2CCN(C(=O)c3cc([N+](=O)[O-])cc([N+](=O)[O-])c3)C2)cc1. The topological polar surface area (TPSA) is 128 Å². The molecule has 2 aromatic rings. The van der Waals surface area contributed by atoms with Gasteiger partial charge in [0, 0.05) is 37.0 Å². The predicted octanol–water partition coefficient (Wildman–Crippen LogP) is 4.01. The number of carbonyl (C=O) groups is 1. The third-order valence-corrected chi connectivity index (χ3v) is 5.04. The van der Waals surface area contributed by atoms with E-state index in [1.165, 1.54) is 0 Å². The van der Waals surface area contributed by atoms with Crippen LogP contribution >= 0.6 is 0 Å². The monoisotopic (exact) mass is 428 g/mol. The summed E-state index contributed by atoms with van der Waals surface area (Å²) in [4.78, 5) is 35.0. The minimum absolute atomic E-state index is 0.00416. The Morgan fingerprint density at radius 2 is 1.77 bits per heavy atom. The highest BCUT2D eigenvalue weighted by Crippen LogP contribution is 2.25. The van der Waals surface area contributed by atoms with Gasteiger partial charge in [-0.05, 0) is 37.1 Å². The van der Waals surface area contributed by atoms with Crippen LogP contribution in [-0.2, 0) is 0 Å². The molecule has 1 fully saturated rings. The summed E-state index contributed by atoms with van der Waals surface area (Å²) in [5.41, 5.74) is -0.122. The van der Waals surface area contributed by atoms with Gasteiger partial charge in [-0.25, -0.2) is 0 Å². The number of carbonyl (C=O) groups excluding carboxylic acids is 1. The molecule has 1 heterocycles. The van der Waals surface area contributed by atoms with E-state index < -0.39 is 27.1 Å². The maximum atomic E-state index is 12.8. The molecule has 31 heavy (non-hydrogen) atoms. The summed E-state index contributed by atoms with van der Waals surface area (Å²) >= 11 is 0. The summed E-state index contributed by atoms with van der Waals surface area (Å²) in [6.45, 7) is 3.63. The van der Waals surface area contributed by atoms with Crippen LogP contribution in [0, 0.1) is 20.2 Å². The van der Waals surface area contributed by atoms with Crippen LogP contribution in [0.25, 0.3) is 0 Å². The standard InChI is InChI=1S/C21H24N4O6/c1-2-3-10-31-20-6-4-16(5-7-20)22-17-8-9-23(14-17)21(26)15-11-18(24(27)28)13-19(12-15)25(29)30/h4-7,11-13,17,22H,2-3,8-10,14H2,1H3. The third-order valence-electron chi connectivity index (χ3n) is 5.04. The smallest absolute Gasteiger partial charge is 0.277 e. The van der Waals surface area contributed by atoms with Crippen LogP contribution in [0.3, 0.4) is 0 Å². The summed E-state index contributed by atoms with van der Waals surface area (Å²) in [6, 6.07) is 10.6. The fourth-order valence-corrected chi connectivity index (χ4v) is 3.39. The zero-order chi connectivity index (χ0) is 22.4. The Kier molecular flexibility index (Phi) is 7.01. The summed E-state index contributed by atoms with van der Waals surface area (Å²) in [5, 5.41) is 25.5. The molecule has 3 rings (SSSR count). The summed E-state index contributed by atoms with van der Waals surface area (Å²) in [7, 11) is 0. The number of hydrogen-bond acceptors (Lipinski definition) is 7. The van der Waals surface area contributed by atoms with Gasteiger partial charge in [0.1, 0.15) is 5.75 Å². The molecule has 0 radical (unpaired) electrons. The molecule has 1 aliphatic heterocycles. The number of ether oxygens (including phenoxy) is 1. The summed E-state index contributed by atoms with van der Waals surface area (Å²) < 4.78 is 5.65. The van der Waals surface area contributed by atoms with Crippen LogP contribution in [0.5, 0.6) is 5.75 Å². The minimum Gasteiger partial charge on any atom is -0.494 e. The first kappa shape index (κ1) is 22.0. The highest BCUT2D eigenvalue weighted by molar-refractivity contribution is 5.95.